The quantitative estimate of drug-likeness (QED) is 0.767. The average Bonchev–Trinajstić information content (AvgIpc) is 2.41. The molecule has 0 amide bonds. The average molecular weight is 279 g/mol. The van der Waals surface area contributed by atoms with Crippen molar-refractivity contribution in [3.8, 4) is 5.75 Å². The number of hydrogen-bond donors (Lipinski definition) is 2. The van der Waals surface area contributed by atoms with Gasteiger partial charge in [0.25, 0.3) is 0 Å². The standard InChI is InChI=1S/C17H29NO2/c1-5-7-15(18)16(19)11-13(4)14-10-12(3)8-9-17(14)20-6-2/h8-10,13,15-16,19H,5-7,11,18H2,1-4H3. The smallest absolute Gasteiger partial charge is 0.122 e. The molecule has 0 aliphatic rings. The Morgan fingerprint density at radius 3 is 2.60 bits per heavy atom. The molecule has 1 rings (SSSR count). The van der Waals surface area contributed by atoms with Gasteiger partial charge >= 0.3 is 0 Å². The molecule has 3 unspecified atom stereocenters. The van der Waals surface area contributed by atoms with Crippen molar-refractivity contribution in [3.63, 3.8) is 0 Å². The fourth-order valence-electron chi connectivity index (χ4n) is 2.53. The molecule has 3 nitrogen and oxygen atoms in total. The van der Waals surface area contributed by atoms with Crippen molar-refractivity contribution in [2.24, 2.45) is 5.73 Å². The van der Waals surface area contributed by atoms with E-state index in [1.54, 1.807) is 0 Å². The van der Waals surface area contributed by atoms with Gasteiger partial charge in [-0.1, -0.05) is 38.0 Å². The molecule has 3 atom stereocenters. The molecule has 1 aromatic rings. The first-order valence-electron chi connectivity index (χ1n) is 7.66. The Bertz CT molecular complexity index is 406. The number of rotatable bonds is 8. The Kier molecular flexibility index (Phi) is 7.03. The molecule has 0 aliphatic heterocycles. The Morgan fingerprint density at radius 2 is 2.00 bits per heavy atom. The zero-order chi connectivity index (χ0) is 15.1. The minimum atomic E-state index is -0.458. The number of aryl methyl sites for hydroxylation is 1. The summed E-state index contributed by atoms with van der Waals surface area (Å²) in [5.41, 5.74) is 8.37. The van der Waals surface area contributed by atoms with Crippen LogP contribution >= 0.6 is 0 Å². The highest BCUT2D eigenvalue weighted by Crippen LogP contribution is 2.31. The lowest BCUT2D eigenvalue weighted by molar-refractivity contribution is 0.123. The summed E-state index contributed by atoms with van der Waals surface area (Å²) in [6.45, 7) is 8.93. The van der Waals surface area contributed by atoms with Crippen LogP contribution in [-0.4, -0.2) is 23.9 Å². The van der Waals surface area contributed by atoms with Crippen LogP contribution in [0.25, 0.3) is 0 Å². The third kappa shape index (κ3) is 4.80. The van der Waals surface area contributed by atoms with Crippen LogP contribution in [0.5, 0.6) is 5.75 Å². The summed E-state index contributed by atoms with van der Waals surface area (Å²) in [6.07, 6.45) is 2.08. The monoisotopic (exact) mass is 279 g/mol. The number of hydrogen-bond acceptors (Lipinski definition) is 3. The highest BCUT2D eigenvalue weighted by Gasteiger charge is 2.20. The van der Waals surface area contributed by atoms with Gasteiger partial charge in [0.15, 0.2) is 0 Å². The van der Waals surface area contributed by atoms with E-state index in [0.29, 0.717) is 13.0 Å². The van der Waals surface area contributed by atoms with Gasteiger partial charge in [-0.2, -0.15) is 0 Å². The second-order valence-electron chi connectivity index (χ2n) is 5.63. The van der Waals surface area contributed by atoms with Gasteiger partial charge in [-0.05, 0) is 44.2 Å². The molecule has 1 aromatic carbocycles. The maximum absolute atomic E-state index is 10.2. The molecule has 0 saturated carbocycles. The van der Waals surface area contributed by atoms with Gasteiger partial charge in [0.1, 0.15) is 5.75 Å². The molecular weight excluding hydrogens is 250 g/mol. The highest BCUT2D eigenvalue weighted by atomic mass is 16.5. The van der Waals surface area contributed by atoms with E-state index < -0.39 is 6.10 Å². The van der Waals surface area contributed by atoms with Gasteiger partial charge in [-0.15, -0.1) is 0 Å². The highest BCUT2D eigenvalue weighted by molar-refractivity contribution is 5.39. The molecule has 0 fully saturated rings. The van der Waals surface area contributed by atoms with Gasteiger partial charge in [0.2, 0.25) is 0 Å². The molecule has 0 radical (unpaired) electrons. The van der Waals surface area contributed by atoms with Gasteiger partial charge in [0.05, 0.1) is 12.7 Å². The fourth-order valence-corrected chi connectivity index (χ4v) is 2.53. The Hall–Kier alpha value is -1.06. The van der Waals surface area contributed by atoms with Crippen LogP contribution < -0.4 is 10.5 Å². The third-order valence-electron chi connectivity index (χ3n) is 3.71. The molecule has 114 valence electrons. The predicted octanol–water partition coefficient (Wildman–Crippen LogP) is 3.38. The molecule has 0 aliphatic carbocycles. The number of ether oxygens (including phenoxy) is 1. The molecule has 0 heterocycles. The van der Waals surface area contributed by atoms with Crippen LogP contribution in [0, 0.1) is 6.92 Å². The maximum Gasteiger partial charge on any atom is 0.122 e. The summed E-state index contributed by atoms with van der Waals surface area (Å²) in [7, 11) is 0. The summed E-state index contributed by atoms with van der Waals surface area (Å²) in [5.74, 6) is 1.15. The van der Waals surface area contributed by atoms with Crippen molar-refractivity contribution in [3.05, 3.63) is 29.3 Å². The van der Waals surface area contributed by atoms with Crippen molar-refractivity contribution in [2.75, 3.05) is 6.61 Å². The van der Waals surface area contributed by atoms with Gasteiger partial charge in [-0.3, -0.25) is 0 Å². The zero-order valence-electron chi connectivity index (χ0n) is 13.2. The van der Waals surface area contributed by atoms with Crippen molar-refractivity contribution < 1.29 is 9.84 Å². The molecule has 3 heteroatoms. The van der Waals surface area contributed by atoms with E-state index in [-0.39, 0.29) is 12.0 Å². The normalized spacial score (nSPS) is 15.7. The second kappa shape index (κ2) is 8.28. The molecule has 3 N–H and O–H groups in total. The minimum absolute atomic E-state index is 0.136. The van der Waals surface area contributed by atoms with E-state index in [4.69, 9.17) is 10.5 Å². The van der Waals surface area contributed by atoms with E-state index in [2.05, 4.69) is 32.9 Å². The molecule has 20 heavy (non-hydrogen) atoms. The second-order valence-corrected chi connectivity index (χ2v) is 5.63. The van der Waals surface area contributed by atoms with Crippen LogP contribution in [0.4, 0.5) is 0 Å². The summed E-state index contributed by atoms with van der Waals surface area (Å²) in [4.78, 5) is 0. The van der Waals surface area contributed by atoms with Gasteiger partial charge in [0, 0.05) is 6.04 Å². The number of aliphatic hydroxyl groups excluding tert-OH is 1. The molecule has 0 saturated heterocycles. The lowest BCUT2D eigenvalue weighted by atomic mass is 9.90. The summed E-state index contributed by atoms with van der Waals surface area (Å²) >= 11 is 0. The Labute approximate surface area is 123 Å². The van der Waals surface area contributed by atoms with E-state index in [1.165, 1.54) is 5.56 Å². The van der Waals surface area contributed by atoms with Crippen LogP contribution in [0.15, 0.2) is 18.2 Å². The largest absolute Gasteiger partial charge is 0.494 e. The molecular formula is C17H29NO2. The summed E-state index contributed by atoms with van der Waals surface area (Å²) in [6, 6.07) is 6.08. The van der Waals surface area contributed by atoms with E-state index in [0.717, 1.165) is 24.2 Å². The third-order valence-corrected chi connectivity index (χ3v) is 3.71. The first-order valence-corrected chi connectivity index (χ1v) is 7.66. The fraction of sp³-hybridized carbons (Fsp3) is 0.647. The van der Waals surface area contributed by atoms with Crippen LogP contribution in [0.1, 0.15) is 57.1 Å². The number of aliphatic hydroxyl groups is 1. The van der Waals surface area contributed by atoms with Crippen LogP contribution in [0.3, 0.4) is 0 Å². The van der Waals surface area contributed by atoms with E-state index in [9.17, 15) is 5.11 Å². The van der Waals surface area contributed by atoms with Crippen molar-refractivity contribution in [2.45, 2.75) is 65.0 Å². The van der Waals surface area contributed by atoms with Gasteiger partial charge < -0.3 is 15.6 Å². The molecule has 0 spiro atoms. The summed E-state index contributed by atoms with van der Waals surface area (Å²) in [5, 5.41) is 10.2. The lowest BCUT2D eigenvalue weighted by Crippen LogP contribution is -2.35. The number of benzene rings is 1. The first-order chi connectivity index (χ1) is 9.49. The maximum atomic E-state index is 10.2. The van der Waals surface area contributed by atoms with E-state index >= 15 is 0 Å². The Balaban J connectivity index is 2.80. The first kappa shape index (κ1) is 17.0. The van der Waals surface area contributed by atoms with Gasteiger partial charge in [-0.25, -0.2) is 0 Å². The minimum Gasteiger partial charge on any atom is -0.494 e. The Morgan fingerprint density at radius 1 is 1.30 bits per heavy atom. The lowest BCUT2D eigenvalue weighted by Gasteiger charge is -2.23. The van der Waals surface area contributed by atoms with Crippen LogP contribution in [0.2, 0.25) is 0 Å². The number of nitrogens with two attached hydrogens (primary N) is 1. The molecule has 0 bridgehead atoms. The van der Waals surface area contributed by atoms with E-state index in [1.807, 2.05) is 13.0 Å². The molecule has 0 aromatic heterocycles. The van der Waals surface area contributed by atoms with Crippen molar-refractivity contribution in [1.29, 1.82) is 0 Å². The predicted molar refractivity (Wildman–Crippen MR) is 84.3 cm³/mol. The zero-order valence-corrected chi connectivity index (χ0v) is 13.2. The SMILES string of the molecule is CCCC(N)C(O)CC(C)c1cc(C)ccc1OCC. The van der Waals surface area contributed by atoms with Crippen molar-refractivity contribution in [1.82, 2.24) is 0 Å². The topological polar surface area (TPSA) is 55.5 Å². The van der Waals surface area contributed by atoms with Crippen molar-refractivity contribution >= 4 is 0 Å². The van der Waals surface area contributed by atoms with Crippen LogP contribution in [-0.2, 0) is 0 Å². The summed E-state index contributed by atoms with van der Waals surface area (Å²) < 4.78 is 5.69.